The highest BCUT2D eigenvalue weighted by molar-refractivity contribution is 4.92. The van der Waals surface area contributed by atoms with Gasteiger partial charge in [0.2, 0.25) is 0 Å². The summed E-state index contributed by atoms with van der Waals surface area (Å²) in [4.78, 5) is 0. The molecule has 3 fully saturated rings. The van der Waals surface area contributed by atoms with Crippen LogP contribution in [-0.2, 0) is 23.7 Å². The van der Waals surface area contributed by atoms with Gasteiger partial charge in [-0.25, -0.2) is 0 Å². The van der Waals surface area contributed by atoms with E-state index in [1.165, 1.54) is 0 Å². The third-order valence-corrected chi connectivity index (χ3v) is 6.05. The molecule has 16 heteroatoms. The zero-order chi connectivity index (χ0) is 25.3. The van der Waals surface area contributed by atoms with Gasteiger partial charge >= 0.3 is 0 Å². The maximum Gasteiger partial charge on any atom is 0.186 e. The predicted octanol–water partition coefficient (Wildman–Crippen LogP) is -7.57. The summed E-state index contributed by atoms with van der Waals surface area (Å²) in [5.74, 6) is 0. The molecule has 34 heavy (non-hydrogen) atoms. The smallest absolute Gasteiger partial charge is 0.186 e. The molecule has 3 aliphatic rings. The third kappa shape index (κ3) is 5.68. The van der Waals surface area contributed by atoms with Crippen LogP contribution in [0.25, 0.3) is 0 Å². The van der Waals surface area contributed by atoms with Gasteiger partial charge in [-0.3, -0.25) is 0 Å². The maximum absolute atomic E-state index is 10.2. The van der Waals surface area contributed by atoms with Crippen LogP contribution in [0.5, 0.6) is 0 Å². The third-order valence-electron chi connectivity index (χ3n) is 6.05. The van der Waals surface area contributed by atoms with E-state index in [2.05, 4.69) is 0 Å². The molecule has 3 aliphatic heterocycles. The van der Waals surface area contributed by atoms with Crippen molar-refractivity contribution < 1.29 is 79.9 Å². The molecule has 3 saturated heterocycles. The van der Waals surface area contributed by atoms with Crippen molar-refractivity contribution in [3.05, 3.63) is 0 Å². The minimum Gasteiger partial charge on any atom is -0.394 e. The standard InChI is InChI=1S/C18H32O16/c19-1-4-7(20)11(24)14(27)17(33-4)31-3-6-9(22)12(25)15(28)18(34-6)30-2-5-8(21)10(23)13(26)16(29)32-5/h4-29H,1-3H2/t4-,5-,6-,7-,8-,9-,10+,11+,12+,13+,14+,15+,16?,17+,18+/m1/s1. The van der Waals surface area contributed by atoms with Crippen molar-refractivity contribution in [3.63, 3.8) is 0 Å². The Morgan fingerprint density at radius 1 is 0.441 bits per heavy atom. The summed E-state index contributed by atoms with van der Waals surface area (Å²) in [6.07, 6.45) is -24.4. The summed E-state index contributed by atoms with van der Waals surface area (Å²) in [6, 6.07) is 0. The Kier molecular flexibility index (Phi) is 9.54. The second-order valence-electron chi connectivity index (χ2n) is 8.42. The summed E-state index contributed by atoms with van der Waals surface area (Å²) < 4.78 is 26.1. The van der Waals surface area contributed by atoms with Crippen LogP contribution < -0.4 is 0 Å². The Hall–Kier alpha value is -0.640. The highest BCUT2D eigenvalue weighted by atomic mass is 16.7. The molecule has 200 valence electrons. The second-order valence-corrected chi connectivity index (χ2v) is 8.42. The summed E-state index contributed by atoms with van der Waals surface area (Å²) in [7, 11) is 0. The van der Waals surface area contributed by atoms with E-state index in [0.29, 0.717) is 0 Å². The second kappa shape index (κ2) is 11.6. The zero-order valence-electron chi connectivity index (χ0n) is 17.7. The van der Waals surface area contributed by atoms with Gasteiger partial charge in [-0.15, -0.1) is 0 Å². The lowest BCUT2D eigenvalue weighted by Crippen LogP contribution is -2.62. The van der Waals surface area contributed by atoms with Crippen LogP contribution >= 0.6 is 0 Å². The first-order valence-corrected chi connectivity index (χ1v) is 10.6. The van der Waals surface area contributed by atoms with Crippen LogP contribution in [0.15, 0.2) is 0 Å². The van der Waals surface area contributed by atoms with E-state index in [1.54, 1.807) is 0 Å². The van der Waals surface area contributed by atoms with Gasteiger partial charge in [-0.05, 0) is 0 Å². The minimum atomic E-state index is -1.82. The lowest BCUT2D eigenvalue weighted by Gasteiger charge is -2.43. The molecule has 0 amide bonds. The number of ether oxygens (including phenoxy) is 5. The maximum atomic E-state index is 10.2. The molecule has 0 spiro atoms. The lowest BCUT2D eigenvalue weighted by molar-refractivity contribution is -0.340. The fourth-order valence-corrected chi connectivity index (χ4v) is 3.84. The fourth-order valence-electron chi connectivity index (χ4n) is 3.84. The Morgan fingerprint density at radius 2 is 0.824 bits per heavy atom. The van der Waals surface area contributed by atoms with E-state index in [1.807, 2.05) is 0 Å². The quantitative estimate of drug-likeness (QED) is 0.154. The highest BCUT2D eigenvalue weighted by Crippen LogP contribution is 2.27. The molecule has 15 atom stereocenters. The molecule has 16 nitrogen and oxygen atoms in total. The minimum absolute atomic E-state index is 0.570. The average molecular weight is 504 g/mol. The molecule has 0 aromatic rings. The van der Waals surface area contributed by atoms with Crippen LogP contribution in [0.1, 0.15) is 0 Å². The number of aliphatic hydroxyl groups excluding tert-OH is 11. The average Bonchev–Trinajstić information content (AvgIpc) is 2.82. The Bertz CT molecular complexity index is 639. The largest absolute Gasteiger partial charge is 0.394 e. The number of aliphatic hydroxyl groups is 11. The first-order chi connectivity index (χ1) is 16.0. The van der Waals surface area contributed by atoms with Gasteiger partial charge in [-0.1, -0.05) is 0 Å². The van der Waals surface area contributed by atoms with Crippen molar-refractivity contribution in [2.45, 2.75) is 92.1 Å². The number of hydrogen-bond donors (Lipinski definition) is 11. The van der Waals surface area contributed by atoms with E-state index in [9.17, 15) is 56.2 Å². The summed E-state index contributed by atoms with van der Waals surface area (Å²) in [6.45, 7) is -1.84. The first-order valence-electron chi connectivity index (χ1n) is 10.6. The predicted molar refractivity (Wildman–Crippen MR) is 101 cm³/mol. The molecular formula is C18H32O16. The van der Waals surface area contributed by atoms with Crippen LogP contribution in [0.3, 0.4) is 0 Å². The molecule has 0 saturated carbocycles. The Labute approximate surface area is 192 Å². The first kappa shape index (κ1) is 27.9. The lowest BCUT2D eigenvalue weighted by atomic mass is 9.98. The van der Waals surface area contributed by atoms with Crippen LogP contribution in [0, 0.1) is 0 Å². The molecule has 3 heterocycles. The van der Waals surface area contributed by atoms with Crippen molar-refractivity contribution in [2.75, 3.05) is 19.8 Å². The molecule has 11 N–H and O–H groups in total. The monoisotopic (exact) mass is 504 g/mol. The van der Waals surface area contributed by atoms with Gasteiger partial charge in [0, 0.05) is 0 Å². The molecule has 0 aromatic heterocycles. The van der Waals surface area contributed by atoms with E-state index in [0.717, 1.165) is 0 Å². The van der Waals surface area contributed by atoms with E-state index in [4.69, 9.17) is 23.7 Å². The van der Waals surface area contributed by atoms with Crippen LogP contribution in [0.4, 0.5) is 0 Å². The molecule has 1 unspecified atom stereocenters. The summed E-state index contributed by atoms with van der Waals surface area (Å²) in [5.41, 5.74) is 0. The normalized spacial score (nSPS) is 52.5. The topological polar surface area (TPSA) is 269 Å². The molecule has 3 rings (SSSR count). The molecule has 0 aromatic carbocycles. The van der Waals surface area contributed by atoms with Crippen molar-refractivity contribution in [1.82, 2.24) is 0 Å². The van der Waals surface area contributed by atoms with Crippen molar-refractivity contribution in [1.29, 1.82) is 0 Å². The van der Waals surface area contributed by atoms with Crippen molar-refractivity contribution in [3.8, 4) is 0 Å². The summed E-state index contributed by atoms with van der Waals surface area (Å²) in [5, 5.41) is 108. The number of hydrogen-bond acceptors (Lipinski definition) is 16. The molecule has 0 aliphatic carbocycles. The molecule has 0 radical (unpaired) electrons. The van der Waals surface area contributed by atoms with Gasteiger partial charge < -0.3 is 79.9 Å². The van der Waals surface area contributed by atoms with Crippen LogP contribution in [-0.4, -0.2) is 168 Å². The molecule has 0 bridgehead atoms. The van der Waals surface area contributed by atoms with Gasteiger partial charge in [0.1, 0.15) is 73.2 Å². The Balaban J connectivity index is 1.58. The van der Waals surface area contributed by atoms with Gasteiger partial charge in [0.25, 0.3) is 0 Å². The van der Waals surface area contributed by atoms with Gasteiger partial charge in [0.15, 0.2) is 18.9 Å². The number of rotatable bonds is 7. The fraction of sp³-hybridized carbons (Fsp3) is 1.00. The van der Waals surface area contributed by atoms with Gasteiger partial charge in [0.05, 0.1) is 19.8 Å². The Morgan fingerprint density at radius 3 is 1.29 bits per heavy atom. The highest BCUT2D eigenvalue weighted by Gasteiger charge is 2.48. The zero-order valence-corrected chi connectivity index (χ0v) is 17.7. The van der Waals surface area contributed by atoms with E-state index < -0.39 is 112 Å². The summed E-state index contributed by atoms with van der Waals surface area (Å²) >= 11 is 0. The SMILES string of the molecule is OC[C@H]1O[C@H](OC[C@H]2O[C@H](OC[C@H]3OC(O)[C@@H](O)[C@@H](O)[C@@H]3O)[C@@H](O)[C@@H](O)[C@@H]2O)[C@@H](O)[C@@H](O)[C@@H]1O. The molecular weight excluding hydrogens is 472 g/mol. The van der Waals surface area contributed by atoms with Crippen LogP contribution in [0.2, 0.25) is 0 Å². The van der Waals surface area contributed by atoms with Crippen molar-refractivity contribution >= 4 is 0 Å². The van der Waals surface area contributed by atoms with Gasteiger partial charge in [-0.2, -0.15) is 0 Å². The van der Waals surface area contributed by atoms with Crippen molar-refractivity contribution in [2.24, 2.45) is 0 Å². The van der Waals surface area contributed by atoms with E-state index in [-0.39, 0.29) is 0 Å². The van der Waals surface area contributed by atoms with E-state index >= 15 is 0 Å².